The Labute approximate surface area is 167 Å². The molecular weight excluding hydrogens is 360 g/mol. The number of thiocarbonyl (C=S) groups is 1. The van der Waals surface area contributed by atoms with Gasteiger partial charge in [-0.05, 0) is 55.1 Å². The van der Waals surface area contributed by atoms with Gasteiger partial charge in [0.2, 0.25) is 0 Å². The molecule has 0 fully saturated rings. The van der Waals surface area contributed by atoms with Crippen molar-refractivity contribution in [1.29, 1.82) is 0 Å². The molecule has 0 amide bonds. The second-order valence-electron chi connectivity index (χ2n) is 7.66. The highest BCUT2D eigenvalue weighted by Crippen LogP contribution is 2.29. The van der Waals surface area contributed by atoms with Crippen molar-refractivity contribution in [2.75, 3.05) is 13.2 Å². The van der Waals surface area contributed by atoms with Crippen LogP contribution < -0.4 is 15.4 Å². The first-order chi connectivity index (χ1) is 12.8. The molecule has 1 aromatic carbocycles. The third-order valence-corrected chi connectivity index (χ3v) is 4.43. The van der Waals surface area contributed by atoms with Crippen molar-refractivity contribution in [3.8, 4) is 5.75 Å². The van der Waals surface area contributed by atoms with Gasteiger partial charge in [0, 0.05) is 5.70 Å². The lowest BCUT2D eigenvalue weighted by molar-refractivity contribution is -0.140. The summed E-state index contributed by atoms with van der Waals surface area (Å²) in [6, 6.07) is 7.42. The second-order valence-corrected chi connectivity index (χ2v) is 8.07. The molecule has 1 heterocycles. The summed E-state index contributed by atoms with van der Waals surface area (Å²) in [5.41, 5.74) is 2.21. The predicted octanol–water partition coefficient (Wildman–Crippen LogP) is 4.10. The topological polar surface area (TPSA) is 59.6 Å². The fourth-order valence-electron chi connectivity index (χ4n) is 2.70. The van der Waals surface area contributed by atoms with E-state index >= 15 is 0 Å². The van der Waals surface area contributed by atoms with Crippen LogP contribution in [0.4, 0.5) is 0 Å². The Morgan fingerprint density at radius 3 is 2.41 bits per heavy atom. The summed E-state index contributed by atoms with van der Waals surface area (Å²) < 4.78 is 11.2. The fraction of sp³-hybridized carbons (Fsp3) is 0.524. The van der Waals surface area contributed by atoms with Crippen molar-refractivity contribution in [2.45, 2.75) is 47.1 Å². The number of esters is 1. The molecule has 0 aliphatic carbocycles. The zero-order valence-electron chi connectivity index (χ0n) is 16.8. The van der Waals surface area contributed by atoms with Crippen molar-refractivity contribution in [3.05, 3.63) is 41.1 Å². The summed E-state index contributed by atoms with van der Waals surface area (Å²) >= 11 is 5.28. The molecule has 1 aromatic rings. The minimum absolute atomic E-state index is 0.279. The van der Waals surface area contributed by atoms with Crippen LogP contribution in [0.25, 0.3) is 0 Å². The largest absolute Gasteiger partial charge is 0.494 e. The quantitative estimate of drug-likeness (QED) is 0.515. The van der Waals surface area contributed by atoms with E-state index in [2.05, 4.69) is 24.5 Å². The maximum Gasteiger partial charge on any atom is 0.338 e. The molecule has 148 valence electrons. The third-order valence-electron chi connectivity index (χ3n) is 4.21. The van der Waals surface area contributed by atoms with E-state index in [1.165, 1.54) is 0 Å². The van der Waals surface area contributed by atoms with Crippen molar-refractivity contribution < 1.29 is 14.3 Å². The Balaban J connectivity index is 2.16. The average Bonchev–Trinajstić information content (AvgIpc) is 2.59. The van der Waals surface area contributed by atoms with E-state index in [0.717, 1.165) is 23.4 Å². The van der Waals surface area contributed by atoms with Crippen molar-refractivity contribution in [3.63, 3.8) is 0 Å². The lowest BCUT2D eigenvalue weighted by Gasteiger charge is -2.30. The molecule has 1 aliphatic heterocycles. The number of benzene rings is 1. The van der Waals surface area contributed by atoms with Crippen molar-refractivity contribution in [1.82, 2.24) is 10.6 Å². The number of ether oxygens (including phenoxy) is 2. The van der Waals surface area contributed by atoms with Crippen LogP contribution >= 0.6 is 12.2 Å². The molecule has 2 rings (SSSR count). The molecule has 0 spiro atoms. The van der Waals surface area contributed by atoms with Crippen molar-refractivity contribution in [2.24, 2.45) is 11.8 Å². The lowest BCUT2D eigenvalue weighted by Crippen LogP contribution is -2.45. The predicted molar refractivity (Wildman–Crippen MR) is 111 cm³/mol. The van der Waals surface area contributed by atoms with Gasteiger partial charge in [0.15, 0.2) is 5.11 Å². The molecule has 1 atom stereocenters. The molecule has 0 saturated carbocycles. The van der Waals surface area contributed by atoms with Crippen molar-refractivity contribution >= 4 is 23.3 Å². The summed E-state index contributed by atoms with van der Waals surface area (Å²) in [6.07, 6.45) is 1.01. The van der Waals surface area contributed by atoms with Gasteiger partial charge in [0.25, 0.3) is 0 Å². The molecule has 0 saturated heterocycles. The first-order valence-corrected chi connectivity index (χ1v) is 9.87. The zero-order chi connectivity index (χ0) is 20.0. The SMILES string of the molecule is CC1=C(C(=O)OCC(C)C)[C@H](c2ccc(OCCC(C)C)cc2)NC(=S)N1. The standard InChI is InChI=1S/C21H30N2O3S/c1-13(2)10-11-25-17-8-6-16(7-9-17)19-18(15(5)22-21(27)23-19)20(24)26-12-14(3)4/h6-9,13-14,19H,10-12H2,1-5H3,(H2,22,23,27)/t19-/m0/s1. The Bertz CT molecular complexity index is 696. The molecule has 0 aromatic heterocycles. The van der Waals surface area contributed by atoms with Crippen LogP contribution in [-0.2, 0) is 9.53 Å². The number of nitrogens with one attached hydrogen (secondary N) is 2. The number of hydrogen-bond donors (Lipinski definition) is 2. The van der Waals surface area contributed by atoms with Crippen LogP contribution in [0.15, 0.2) is 35.5 Å². The molecular formula is C21H30N2O3S. The second kappa shape index (κ2) is 9.74. The van der Waals surface area contributed by atoms with E-state index in [9.17, 15) is 4.79 Å². The first kappa shape index (κ1) is 21.2. The van der Waals surface area contributed by atoms with Gasteiger partial charge >= 0.3 is 5.97 Å². The van der Waals surface area contributed by atoms with E-state index in [1.807, 2.05) is 45.0 Å². The minimum Gasteiger partial charge on any atom is -0.494 e. The Morgan fingerprint density at radius 1 is 1.15 bits per heavy atom. The highest BCUT2D eigenvalue weighted by molar-refractivity contribution is 7.80. The number of rotatable bonds is 8. The maximum atomic E-state index is 12.6. The van der Waals surface area contributed by atoms with Gasteiger partial charge in [-0.25, -0.2) is 4.79 Å². The van der Waals surface area contributed by atoms with Gasteiger partial charge in [-0.1, -0.05) is 39.8 Å². The van der Waals surface area contributed by atoms with E-state index in [-0.39, 0.29) is 17.9 Å². The molecule has 5 nitrogen and oxygen atoms in total. The molecule has 0 bridgehead atoms. The molecule has 1 aliphatic rings. The van der Waals surface area contributed by atoms with E-state index in [0.29, 0.717) is 29.8 Å². The summed E-state index contributed by atoms with van der Waals surface area (Å²) in [4.78, 5) is 12.6. The number of carbonyl (C=O) groups is 1. The first-order valence-electron chi connectivity index (χ1n) is 9.46. The summed E-state index contributed by atoms with van der Waals surface area (Å²) in [7, 11) is 0. The molecule has 6 heteroatoms. The number of hydrogen-bond acceptors (Lipinski definition) is 4. The highest BCUT2D eigenvalue weighted by atomic mass is 32.1. The molecule has 27 heavy (non-hydrogen) atoms. The molecule has 2 N–H and O–H groups in total. The average molecular weight is 391 g/mol. The third kappa shape index (κ3) is 6.24. The van der Waals surface area contributed by atoms with Crippen LogP contribution in [0, 0.1) is 11.8 Å². The normalized spacial score (nSPS) is 17.0. The molecule has 0 unspecified atom stereocenters. The van der Waals surface area contributed by atoms with E-state index in [1.54, 1.807) is 0 Å². The number of allylic oxidation sites excluding steroid dienone is 1. The van der Waals surface area contributed by atoms with Gasteiger partial charge in [-0.15, -0.1) is 0 Å². The summed E-state index contributed by atoms with van der Waals surface area (Å²) in [5.74, 6) is 1.38. The zero-order valence-corrected chi connectivity index (χ0v) is 17.6. The van der Waals surface area contributed by atoms with Gasteiger partial charge in [0.1, 0.15) is 5.75 Å². The van der Waals surface area contributed by atoms with Crippen LogP contribution in [-0.4, -0.2) is 24.3 Å². The lowest BCUT2D eigenvalue weighted by atomic mass is 9.95. The minimum atomic E-state index is -0.344. The van der Waals surface area contributed by atoms with Crippen LogP contribution in [0.5, 0.6) is 5.75 Å². The Morgan fingerprint density at radius 2 is 1.81 bits per heavy atom. The monoisotopic (exact) mass is 390 g/mol. The Hall–Kier alpha value is -2.08. The van der Waals surface area contributed by atoms with Crippen LogP contribution in [0.3, 0.4) is 0 Å². The smallest absolute Gasteiger partial charge is 0.338 e. The summed E-state index contributed by atoms with van der Waals surface area (Å²) in [5, 5.41) is 6.70. The highest BCUT2D eigenvalue weighted by Gasteiger charge is 2.31. The number of carbonyl (C=O) groups excluding carboxylic acids is 1. The van der Waals surface area contributed by atoms with Gasteiger partial charge in [0.05, 0.1) is 24.8 Å². The van der Waals surface area contributed by atoms with Gasteiger partial charge < -0.3 is 20.1 Å². The van der Waals surface area contributed by atoms with E-state index < -0.39 is 0 Å². The fourth-order valence-corrected chi connectivity index (χ4v) is 2.97. The van der Waals surface area contributed by atoms with Gasteiger partial charge in [-0.3, -0.25) is 0 Å². The van der Waals surface area contributed by atoms with Gasteiger partial charge in [-0.2, -0.15) is 0 Å². The molecule has 0 radical (unpaired) electrons. The summed E-state index contributed by atoms with van der Waals surface area (Å²) in [6.45, 7) is 11.3. The van der Waals surface area contributed by atoms with Crippen LogP contribution in [0.2, 0.25) is 0 Å². The Kier molecular flexibility index (Phi) is 7.66. The van der Waals surface area contributed by atoms with E-state index in [4.69, 9.17) is 21.7 Å². The maximum absolute atomic E-state index is 12.6. The van der Waals surface area contributed by atoms with Crippen LogP contribution in [0.1, 0.15) is 52.6 Å².